The largest absolute Gasteiger partial charge is 0.452 e. The molecule has 214 valence electrons. The standard InChI is InChI=1S/C40H22N4O2/c1-3-7-33-25(5-1)31-21-41-17-15-35(31)43(33)23-9-13-37-29(19-23)27-11-12-28-30-20-24(10-14-38(30)46-40(28)39(27)45-37)44-34-8-4-2-6-26(34)32-22-42-18-16-36(32)44/h1-22H. The number of rotatable bonds is 2. The molecule has 0 amide bonds. The Morgan fingerprint density at radius 3 is 1.35 bits per heavy atom. The van der Waals surface area contributed by atoms with Crippen LogP contribution in [0.3, 0.4) is 0 Å². The molecule has 0 bridgehead atoms. The fraction of sp³-hybridized carbons (Fsp3) is 0. The first-order valence-electron chi connectivity index (χ1n) is 15.3. The Balaban J connectivity index is 1.13. The molecule has 0 aliphatic rings. The van der Waals surface area contributed by atoms with Crippen molar-refractivity contribution in [1.82, 2.24) is 19.1 Å². The van der Waals surface area contributed by atoms with Gasteiger partial charge in [-0.15, -0.1) is 0 Å². The second-order valence-corrected chi connectivity index (χ2v) is 11.9. The van der Waals surface area contributed by atoms with Crippen molar-refractivity contribution in [3.63, 3.8) is 0 Å². The van der Waals surface area contributed by atoms with Crippen molar-refractivity contribution in [1.29, 1.82) is 0 Å². The third-order valence-electron chi connectivity index (χ3n) is 9.51. The summed E-state index contributed by atoms with van der Waals surface area (Å²) in [7, 11) is 0. The van der Waals surface area contributed by atoms with Gasteiger partial charge in [0.05, 0.1) is 22.1 Å². The van der Waals surface area contributed by atoms with E-state index in [9.17, 15) is 0 Å². The molecule has 11 aromatic rings. The molecule has 46 heavy (non-hydrogen) atoms. The lowest BCUT2D eigenvalue weighted by Crippen LogP contribution is -1.93. The fourth-order valence-electron chi connectivity index (χ4n) is 7.51. The van der Waals surface area contributed by atoms with Gasteiger partial charge in [-0.1, -0.05) is 36.4 Å². The number of nitrogens with zero attached hydrogens (tertiary/aromatic N) is 4. The maximum atomic E-state index is 6.54. The molecular formula is C40H22N4O2. The predicted octanol–water partition coefficient (Wildman–Crippen LogP) is 10.5. The average Bonchev–Trinajstić information content (AvgIpc) is 3.85. The summed E-state index contributed by atoms with van der Waals surface area (Å²) >= 11 is 0. The van der Waals surface area contributed by atoms with Crippen LogP contribution >= 0.6 is 0 Å². The highest BCUT2D eigenvalue weighted by Gasteiger charge is 2.19. The van der Waals surface area contributed by atoms with Gasteiger partial charge in [-0.3, -0.25) is 9.97 Å². The van der Waals surface area contributed by atoms with Crippen molar-refractivity contribution in [2.24, 2.45) is 0 Å². The second-order valence-electron chi connectivity index (χ2n) is 11.9. The van der Waals surface area contributed by atoms with Gasteiger partial charge < -0.3 is 18.0 Å². The summed E-state index contributed by atoms with van der Waals surface area (Å²) in [5, 5.41) is 8.80. The monoisotopic (exact) mass is 590 g/mol. The molecule has 5 aromatic carbocycles. The molecule has 0 saturated carbocycles. The number of hydrogen-bond donors (Lipinski definition) is 0. The van der Waals surface area contributed by atoms with Gasteiger partial charge in [0.15, 0.2) is 11.2 Å². The van der Waals surface area contributed by atoms with E-state index < -0.39 is 0 Å². The Labute approximate surface area is 260 Å². The van der Waals surface area contributed by atoms with E-state index in [1.165, 1.54) is 10.8 Å². The quantitative estimate of drug-likeness (QED) is 0.201. The van der Waals surface area contributed by atoms with Gasteiger partial charge >= 0.3 is 0 Å². The van der Waals surface area contributed by atoms with E-state index in [0.29, 0.717) is 0 Å². The second kappa shape index (κ2) is 8.61. The summed E-state index contributed by atoms with van der Waals surface area (Å²) < 4.78 is 17.7. The zero-order valence-corrected chi connectivity index (χ0v) is 24.3. The molecule has 11 rings (SSSR count). The Morgan fingerprint density at radius 2 is 0.848 bits per heavy atom. The minimum atomic E-state index is 0.761. The number of aromatic nitrogens is 4. The molecule has 6 aromatic heterocycles. The van der Waals surface area contributed by atoms with Crippen LogP contribution in [-0.2, 0) is 0 Å². The third-order valence-corrected chi connectivity index (χ3v) is 9.51. The number of benzene rings is 5. The van der Waals surface area contributed by atoms with Gasteiger partial charge in [-0.2, -0.15) is 0 Å². The van der Waals surface area contributed by atoms with Crippen LogP contribution in [0.5, 0.6) is 0 Å². The molecule has 6 nitrogen and oxygen atoms in total. The molecule has 0 N–H and O–H groups in total. The lowest BCUT2D eigenvalue weighted by Gasteiger charge is -2.08. The van der Waals surface area contributed by atoms with Crippen LogP contribution in [0, 0.1) is 0 Å². The normalized spacial score (nSPS) is 12.3. The minimum Gasteiger partial charge on any atom is -0.452 e. The maximum absolute atomic E-state index is 6.54. The summed E-state index contributed by atoms with van der Waals surface area (Å²) in [6.45, 7) is 0. The number of furan rings is 2. The van der Waals surface area contributed by atoms with Crippen molar-refractivity contribution in [3.05, 3.63) is 134 Å². The highest BCUT2D eigenvalue weighted by atomic mass is 16.4. The smallest absolute Gasteiger partial charge is 0.178 e. The molecule has 0 aliphatic carbocycles. The molecule has 0 radical (unpaired) electrons. The summed E-state index contributed by atoms with van der Waals surface area (Å²) in [5.74, 6) is 0. The highest BCUT2D eigenvalue weighted by Crippen LogP contribution is 2.41. The first-order chi connectivity index (χ1) is 22.8. The summed E-state index contributed by atoms with van der Waals surface area (Å²) in [6.07, 6.45) is 7.60. The molecule has 0 saturated heterocycles. The van der Waals surface area contributed by atoms with E-state index in [1.54, 1.807) is 0 Å². The number of fused-ring (bicyclic) bond motifs is 13. The summed E-state index contributed by atoms with van der Waals surface area (Å²) in [6, 6.07) is 38.3. The molecule has 0 atom stereocenters. The van der Waals surface area contributed by atoms with E-state index in [1.807, 2.05) is 24.8 Å². The zero-order valence-electron chi connectivity index (χ0n) is 24.3. The number of para-hydroxylation sites is 2. The third kappa shape index (κ3) is 3.05. The van der Waals surface area contributed by atoms with Gasteiger partial charge in [-0.05, 0) is 72.8 Å². The molecule has 0 unspecified atom stereocenters. The molecule has 0 fully saturated rings. The number of hydrogen-bond acceptors (Lipinski definition) is 4. The Morgan fingerprint density at radius 1 is 0.391 bits per heavy atom. The van der Waals surface area contributed by atoms with Gasteiger partial charge in [0, 0.05) is 79.3 Å². The van der Waals surface area contributed by atoms with Crippen LogP contribution in [-0.4, -0.2) is 19.1 Å². The van der Waals surface area contributed by atoms with E-state index in [0.717, 1.165) is 88.1 Å². The van der Waals surface area contributed by atoms with Crippen LogP contribution in [0.15, 0.2) is 143 Å². The van der Waals surface area contributed by atoms with Crippen LogP contribution < -0.4 is 0 Å². The number of pyridine rings is 2. The minimum absolute atomic E-state index is 0.761. The SMILES string of the molecule is c1ccc2c(c1)c1cnccc1n2-c1ccc2oc3c(ccc4c5cc(-n6c7ccccc7c7cnccc76)ccc5oc43)c2c1. The van der Waals surface area contributed by atoms with Crippen molar-refractivity contribution >= 4 is 87.5 Å². The topological polar surface area (TPSA) is 61.9 Å². The van der Waals surface area contributed by atoms with Crippen LogP contribution in [0.1, 0.15) is 0 Å². The maximum Gasteiger partial charge on any atom is 0.178 e. The Bertz CT molecular complexity index is 2730. The van der Waals surface area contributed by atoms with E-state index in [-0.39, 0.29) is 0 Å². The lowest BCUT2D eigenvalue weighted by atomic mass is 10.1. The van der Waals surface area contributed by atoms with E-state index >= 15 is 0 Å². The Hall–Kier alpha value is -6.40. The van der Waals surface area contributed by atoms with Crippen LogP contribution in [0.25, 0.3) is 98.9 Å². The first kappa shape index (κ1) is 24.0. The van der Waals surface area contributed by atoms with Gasteiger partial charge in [0.1, 0.15) is 11.2 Å². The summed E-state index contributed by atoms with van der Waals surface area (Å²) in [5.41, 5.74) is 9.86. The fourth-order valence-corrected chi connectivity index (χ4v) is 7.51. The average molecular weight is 591 g/mol. The molecule has 6 heteroatoms. The lowest BCUT2D eigenvalue weighted by molar-refractivity contribution is 0.633. The van der Waals surface area contributed by atoms with E-state index in [2.05, 4.69) is 128 Å². The first-order valence-corrected chi connectivity index (χ1v) is 15.3. The molecule has 6 heterocycles. The molecule has 0 aliphatic heterocycles. The van der Waals surface area contributed by atoms with Gasteiger partial charge in [0.25, 0.3) is 0 Å². The summed E-state index contributed by atoms with van der Waals surface area (Å²) in [4.78, 5) is 8.81. The predicted molar refractivity (Wildman–Crippen MR) is 185 cm³/mol. The Kier molecular flexibility index (Phi) is 4.49. The van der Waals surface area contributed by atoms with Crippen molar-refractivity contribution in [2.45, 2.75) is 0 Å². The zero-order chi connectivity index (χ0) is 29.9. The van der Waals surface area contributed by atoms with Gasteiger partial charge in [0.2, 0.25) is 0 Å². The van der Waals surface area contributed by atoms with Crippen molar-refractivity contribution in [2.75, 3.05) is 0 Å². The van der Waals surface area contributed by atoms with Crippen molar-refractivity contribution in [3.8, 4) is 11.4 Å². The van der Waals surface area contributed by atoms with Crippen LogP contribution in [0.4, 0.5) is 0 Å². The van der Waals surface area contributed by atoms with E-state index in [4.69, 9.17) is 8.83 Å². The molecule has 0 spiro atoms. The van der Waals surface area contributed by atoms with Crippen molar-refractivity contribution < 1.29 is 8.83 Å². The molecular weight excluding hydrogens is 568 g/mol. The highest BCUT2D eigenvalue weighted by molar-refractivity contribution is 6.19. The van der Waals surface area contributed by atoms with Gasteiger partial charge in [-0.25, -0.2) is 0 Å². The van der Waals surface area contributed by atoms with Crippen LogP contribution in [0.2, 0.25) is 0 Å².